The van der Waals surface area contributed by atoms with Crippen molar-refractivity contribution < 1.29 is 13.5 Å². The van der Waals surface area contributed by atoms with Crippen LogP contribution in [0.3, 0.4) is 0 Å². The maximum Gasteiger partial charge on any atom is 0.150 e. The number of sulfone groups is 1. The molecule has 1 N–H and O–H groups in total. The molecule has 2 rings (SSSR count). The number of aliphatic hydroxyl groups is 1. The van der Waals surface area contributed by atoms with Crippen molar-refractivity contribution in [3.63, 3.8) is 0 Å². The highest BCUT2D eigenvalue weighted by atomic mass is 32.2. The lowest BCUT2D eigenvalue weighted by Crippen LogP contribution is -2.33. The van der Waals surface area contributed by atoms with Gasteiger partial charge in [-0.05, 0) is 37.0 Å². The third-order valence-electron chi connectivity index (χ3n) is 4.21. The molecule has 1 saturated heterocycles. The minimum Gasteiger partial charge on any atom is -0.393 e. The molecule has 3 nitrogen and oxygen atoms in total. The lowest BCUT2D eigenvalue weighted by molar-refractivity contribution is 0.0325. The summed E-state index contributed by atoms with van der Waals surface area (Å²) in [4.78, 5) is 0. The Labute approximate surface area is 98.2 Å². The summed E-state index contributed by atoms with van der Waals surface area (Å²) in [6, 6.07) is 0. The monoisotopic (exact) mass is 246 g/mol. The summed E-state index contributed by atoms with van der Waals surface area (Å²) >= 11 is 0. The summed E-state index contributed by atoms with van der Waals surface area (Å²) in [5.74, 6) is 1.50. The Morgan fingerprint density at radius 3 is 2.50 bits per heavy atom. The van der Waals surface area contributed by atoms with Gasteiger partial charge in [0.25, 0.3) is 0 Å². The van der Waals surface area contributed by atoms with Crippen LogP contribution < -0.4 is 0 Å². The van der Waals surface area contributed by atoms with Gasteiger partial charge in [0.1, 0.15) is 0 Å². The first-order chi connectivity index (χ1) is 7.48. The largest absolute Gasteiger partial charge is 0.393 e. The average Bonchev–Trinajstić information content (AvgIpc) is 2.58. The quantitative estimate of drug-likeness (QED) is 0.805. The second-order valence-electron chi connectivity index (χ2n) is 5.69. The molecule has 0 amide bonds. The van der Waals surface area contributed by atoms with Crippen LogP contribution in [0, 0.1) is 17.8 Å². The molecule has 16 heavy (non-hydrogen) atoms. The van der Waals surface area contributed by atoms with Gasteiger partial charge in [-0.3, -0.25) is 0 Å². The Kier molecular flexibility index (Phi) is 3.59. The van der Waals surface area contributed by atoms with Crippen LogP contribution in [-0.4, -0.2) is 31.1 Å². The zero-order valence-corrected chi connectivity index (χ0v) is 10.7. The van der Waals surface area contributed by atoms with Crippen molar-refractivity contribution in [1.82, 2.24) is 0 Å². The summed E-state index contributed by atoms with van der Waals surface area (Å²) in [7, 11) is -2.85. The zero-order valence-electron chi connectivity index (χ0n) is 9.93. The van der Waals surface area contributed by atoms with Crippen LogP contribution in [0.1, 0.15) is 39.0 Å². The smallest absolute Gasteiger partial charge is 0.150 e. The van der Waals surface area contributed by atoms with Gasteiger partial charge in [-0.2, -0.15) is 0 Å². The molecule has 2 fully saturated rings. The van der Waals surface area contributed by atoms with Gasteiger partial charge in [0.05, 0.1) is 17.6 Å². The molecule has 0 radical (unpaired) electrons. The van der Waals surface area contributed by atoms with Gasteiger partial charge in [0, 0.05) is 0 Å². The molecule has 94 valence electrons. The zero-order chi connectivity index (χ0) is 11.8. The highest BCUT2D eigenvalue weighted by molar-refractivity contribution is 7.91. The molecule has 0 bridgehead atoms. The van der Waals surface area contributed by atoms with E-state index in [0.29, 0.717) is 18.3 Å². The maximum absolute atomic E-state index is 11.4. The molecule has 1 aliphatic heterocycles. The first kappa shape index (κ1) is 12.4. The topological polar surface area (TPSA) is 54.4 Å². The van der Waals surface area contributed by atoms with Gasteiger partial charge in [-0.25, -0.2) is 8.42 Å². The van der Waals surface area contributed by atoms with Gasteiger partial charge in [-0.15, -0.1) is 0 Å². The van der Waals surface area contributed by atoms with E-state index in [1.54, 1.807) is 0 Å². The molecule has 4 unspecified atom stereocenters. The molecule has 0 aromatic rings. The SMILES string of the molecule is CC1CCCC(C(O)C2CCS(=O)(=O)C2)C1. The van der Waals surface area contributed by atoms with Crippen molar-refractivity contribution in [2.24, 2.45) is 17.8 Å². The number of hydrogen-bond acceptors (Lipinski definition) is 3. The molecule has 1 aliphatic carbocycles. The lowest BCUT2D eigenvalue weighted by Gasteiger charge is -2.32. The lowest BCUT2D eigenvalue weighted by atomic mass is 9.76. The Morgan fingerprint density at radius 1 is 1.19 bits per heavy atom. The van der Waals surface area contributed by atoms with Crippen LogP contribution >= 0.6 is 0 Å². The van der Waals surface area contributed by atoms with Gasteiger partial charge in [0.2, 0.25) is 0 Å². The fourth-order valence-electron chi connectivity index (χ4n) is 3.27. The molecule has 1 saturated carbocycles. The van der Waals surface area contributed by atoms with Crippen LogP contribution in [-0.2, 0) is 9.84 Å². The van der Waals surface area contributed by atoms with Crippen LogP contribution in [0.4, 0.5) is 0 Å². The summed E-state index contributed by atoms with van der Waals surface area (Å²) in [5.41, 5.74) is 0. The Balaban J connectivity index is 1.94. The maximum atomic E-state index is 11.4. The minimum atomic E-state index is -2.85. The van der Waals surface area contributed by atoms with Crippen molar-refractivity contribution in [3.05, 3.63) is 0 Å². The number of hydrogen-bond donors (Lipinski definition) is 1. The molecule has 0 spiro atoms. The minimum absolute atomic E-state index is 0.000278. The van der Waals surface area contributed by atoms with E-state index in [2.05, 4.69) is 6.92 Å². The van der Waals surface area contributed by atoms with E-state index in [9.17, 15) is 13.5 Å². The van der Waals surface area contributed by atoms with Gasteiger partial charge in [0.15, 0.2) is 9.84 Å². The van der Waals surface area contributed by atoms with Crippen molar-refractivity contribution in [1.29, 1.82) is 0 Å². The predicted molar refractivity (Wildman–Crippen MR) is 63.9 cm³/mol. The Bertz CT molecular complexity index is 336. The highest BCUT2D eigenvalue weighted by Crippen LogP contribution is 2.35. The van der Waals surface area contributed by atoms with Crippen molar-refractivity contribution >= 4 is 9.84 Å². The average molecular weight is 246 g/mol. The molecule has 4 heteroatoms. The second kappa shape index (κ2) is 4.65. The predicted octanol–water partition coefficient (Wildman–Crippen LogP) is 1.61. The molecular weight excluding hydrogens is 224 g/mol. The normalized spacial score (nSPS) is 40.8. The highest BCUT2D eigenvalue weighted by Gasteiger charge is 2.37. The summed E-state index contributed by atoms with van der Waals surface area (Å²) in [5, 5.41) is 10.3. The van der Waals surface area contributed by atoms with Crippen molar-refractivity contribution in [2.75, 3.05) is 11.5 Å². The fourth-order valence-corrected chi connectivity index (χ4v) is 5.11. The molecule has 2 aliphatic rings. The van der Waals surface area contributed by atoms with E-state index in [1.165, 1.54) is 12.8 Å². The second-order valence-corrected chi connectivity index (χ2v) is 7.91. The summed E-state index contributed by atoms with van der Waals surface area (Å²) < 4.78 is 22.8. The third kappa shape index (κ3) is 2.77. The van der Waals surface area contributed by atoms with Crippen molar-refractivity contribution in [2.45, 2.75) is 45.1 Å². The van der Waals surface area contributed by atoms with Gasteiger partial charge in [-0.1, -0.05) is 19.8 Å². The number of rotatable bonds is 2. The molecule has 1 heterocycles. The molecular formula is C12H22O3S. The van der Waals surface area contributed by atoms with Crippen molar-refractivity contribution in [3.8, 4) is 0 Å². The summed E-state index contributed by atoms with van der Waals surface area (Å²) in [6.45, 7) is 2.23. The van der Waals surface area contributed by atoms with Gasteiger partial charge >= 0.3 is 0 Å². The van der Waals surface area contributed by atoms with Crippen LogP contribution in [0.25, 0.3) is 0 Å². The molecule has 4 atom stereocenters. The first-order valence-electron chi connectivity index (χ1n) is 6.36. The Hall–Kier alpha value is -0.0900. The summed E-state index contributed by atoms with van der Waals surface area (Å²) in [6.07, 6.45) is 4.85. The first-order valence-corrected chi connectivity index (χ1v) is 8.18. The molecule has 0 aromatic heterocycles. The van der Waals surface area contributed by atoms with E-state index < -0.39 is 9.84 Å². The van der Waals surface area contributed by atoms with Crippen LogP contribution in [0.5, 0.6) is 0 Å². The van der Waals surface area contributed by atoms with Gasteiger partial charge < -0.3 is 5.11 Å². The van der Waals surface area contributed by atoms with Crippen LogP contribution in [0.2, 0.25) is 0 Å². The van der Waals surface area contributed by atoms with E-state index in [0.717, 1.165) is 12.8 Å². The van der Waals surface area contributed by atoms with E-state index in [1.807, 2.05) is 0 Å². The third-order valence-corrected chi connectivity index (χ3v) is 6.00. The van der Waals surface area contributed by atoms with Crippen LogP contribution in [0.15, 0.2) is 0 Å². The fraction of sp³-hybridized carbons (Fsp3) is 1.00. The van der Waals surface area contributed by atoms with E-state index in [-0.39, 0.29) is 23.5 Å². The Morgan fingerprint density at radius 2 is 1.94 bits per heavy atom. The standard InChI is InChI=1S/C12H22O3S/c1-9-3-2-4-10(7-9)12(13)11-5-6-16(14,15)8-11/h9-13H,2-8H2,1H3. The van der Waals surface area contributed by atoms with E-state index in [4.69, 9.17) is 0 Å². The van der Waals surface area contributed by atoms with E-state index >= 15 is 0 Å². The number of aliphatic hydroxyl groups excluding tert-OH is 1. The molecule has 0 aromatic carbocycles.